The summed E-state index contributed by atoms with van der Waals surface area (Å²) >= 11 is 0. The number of nitrogens with zero attached hydrogens (tertiary/aromatic N) is 2. The number of carbonyl (C=O) groups is 1. The van der Waals surface area contributed by atoms with E-state index < -0.39 is 26.4 Å². The van der Waals surface area contributed by atoms with Crippen molar-refractivity contribution >= 4 is 27.3 Å². The number of sulfonamides is 1. The molecular weight excluding hydrogens is 374 g/mol. The highest BCUT2D eigenvalue weighted by Crippen LogP contribution is 2.29. The molecular formula is C17H17N3O6S. The number of amides is 1. The number of nitro benzene ring substituents is 1. The fourth-order valence-electron chi connectivity index (χ4n) is 2.81. The van der Waals surface area contributed by atoms with Gasteiger partial charge < -0.3 is 10.0 Å². The average Bonchev–Trinajstić information content (AvgIpc) is 3.16. The standard InChI is InChI=1S/C17H17N3O6S/c21-16-8-7-14(11-15(16)20(23)24)27(25,26)18-13-5-3-12(4-6-13)17(22)19-9-1-2-10-19/h3-8,11,18,21H,1-2,9-10H2. The maximum absolute atomic E-state index is 12.4. The van der Waals surface area contributed by atoms with Gasteiger partial charge in [-0.3, -0.25) is 19.6 Å². The molecule has 0 atom stereocenters. The van der Waals surface area contributed by atoms with Gasteiger partial charge in [-0.1, -0.05) is 0 Å². The zero-order valence-electron chi connectivity index (χ0n) is 14.2. The van der Waals surface area contributed by atoms with Crippen LogP contribution in [0.15, 0.2) is 47.4 Å². The normalized spacial score (nSPS) is 14.1. The number of hydrogen-bond donors (Lipinski definition) is 2. The van der Waals surface area contributed by atoms with Crippen LogP contribution in [-0.4, -0.2) is 42.3 Å². The molecule has 1 fully saturated rings. The summed E-state index contributed by atoms with van der Waals surface area (Å²) in [5.41, 5.74) is -0.0340. The number of rotatable bonds is 5. The van der Waals surface area contributed by atoms with Crippen LogP contribution < -0.4 is 4.72 Å². The number of phenols is 1. The van der Waals surface area contributed by atoms with Crippen LogP contribution in [0.1, 0.15) is 23.2 Å². The number of likely N-dealkylation sites (tertiary alicyclic amines) is 1. The van der Waals surface area contributed by atoms with Gasteiger partial charge in [0.1, 0.15) is 0 Å². The second kappa shape index (κ2) is 7.23. The largest absolute Gasteiger partial charge is 0.502 e. The van der Waals surface area contributed by atoms with Crippen molar-refractivity contribution in [3.05, 3.63) is 58.1 Å². The van der Waals surface area contributed by atoms with Crippen molar-refractivity contribution in [1.82, 2.24) is 4.90 Å². The van der Waals surface area contributed by atoms with Crippen LogP contribution in [0.25, 0.3) is 0 Å². The Kier molecular flexibility index (Phi) is 5.00. The Hall–Kier alpha value is -3.14. The van der Waals surface area contributed by atoms with Gasteiger partial charge in [0.05, 0.1) is 9.82 Å². The van der Waals surface area contributed by atoms with Crippen molar-refractivity contribution in [3.8, 4) is 5.75 Å². The maximum Gasteiger partial charge on any atom is 0.312 e. The molecule has 0 unspecified atom stereocenters. The fraction of sp³-hybridized carbons (Fsp3) is 0.235. The lowest BCUT2D eigenvalue weighted by atomic mass is 10.2. The highest BCUT2D eigenvalue weighted by molar-refractivity contribution is 7.92. The number of nitrogens with one attached hydrogen (secondary N) is 1. The molecule has 1 aliphatic heterocycles. The Bertz CT molecular complexity index is 982. The average molecular weight is 391 g/mol. The topological polar surface area (TPSA) is 130 Å². The summed E-state index contributed by atoms with van der Waals surface area (Å²) in [7, 11) is -4.10. The van der Waals surface area contributed by atoms with Crippen molar-refractivity contribution in [3.63, 3.8) is 0 Å². The molecule has 9 nitrogen and oxygen atoms in total. The molecule has 0 radical (unpaired) electrons. The highest BCUT2D eigenvalue weighted by Gasteiger charge is 2.22. The summed E-state index contributed by atoms with van der Waals surface area (Å²) in [5.74, 6) is -0.722. The Labute approximate surface area is 155 Å². The van der Waals surface area contributed by atoms with Gasteiger partial charge >= 0.3 is 5.69 Å². The lowest BCUT2D eigenvalue weighted by molar-refractivity contribution is -0.386. The Morgan fingerprint density at radius 3 is 2.33 bits per heavy atom. The summed E-state index contributed by atoms with van der Waals surface area (Å²) in [6.07, 6.45) is 1.95. The molecule has 10 heteroatoms. The van der Waals surface area contributed by atoms with E-state index in [0.717, 1.165) is 31.0 Å². The molecule has 0 aromatic heterocycles. The second-order valence-corrected chi connectivity index (χ2v) is 7.77. The van der Waals surface area contributed by atoms with Crippen LogP contribution in [0.5, 0.6) is 5.75 Å². The minimum atomic E-state index is -4.10. The van der Waals surface area contributed by atoms with Crippen LogP contribution in [0.4, 0.5) is 11.4 Å². The molecule has 0 bridgehead atoms. The molecule has 0 spiro atoms. The maximum atomic E-state index is 12.4. The zero-order valence-corrected chi connectivity index (χ0v) is 15.0. The molecule has 1 amide bonds. The van der Waals surface area contributed by atoms with Crippen molar-refractivity contribution in [2.75, 3.05) is 17.8 Å². The lowest BCUT2D eigenvalue weighted by Gasteiger charge is -2.15. The molecule has 3 rings (SSSR count). The van der Waals surface area contributed by atoms with Gasteiger partial charge in [0, 0.05) is 30.4 Å². The number of benzene rings is 2. The van der Waals surface area contributed by atoms with Gasteiger partial charge in [0.15, 0.2) is 5.75 Å². The minimum absolute atomic E-state index is 0.101. The van der Waals surface area contributed by atoms with E-state index in [-0.39, 0.29) is 16.5 Å². The van der Waals surface area contributed by atoms with Gasteiger partial charge in [-0.25, -0.2) is 8.42 Å². The van der Waals surface area contributed by atoms with Gasteiger partial charge in [-0.15, -0.1) is 0 Å². The molecule has 2 aromatic carbocycles. The number of nitro groups is 1. The molecule has 142 valence electrons. The van der Waals surface area contributed by atoms with E-state index in [9.17, 15) is 28.4 Å². The minimum Gasteiger partial charge on any atom is -0.502 e. The predicted molar refractivity (Wildman–Crippen MR) is 97.1 cm³/mol. The van der Waals surface area contributed by atoms with Crippen molar-refractivity contribution < 1.29 is 23.2 Å². The zero-order chi connectivity index (χ0) is 19.6. The van der Waals surface area contributed by atoms with Crippen LogP contribution in [0, 0.1) is 10.1 Å². The quantitative estimate of drug-likeness (QED) is 0.594. The highest BCUT2D eigenvalue weighted by atomic mass is 32.2. The van der Waals surface area contributed by atoms with E-state index in [1.807, 2.05) is 0 Å². The number of hydrogen-bond acceptors (Lipinski definition) is 6. The van der Waals surface area contributed by atoms with E-state index in [1.54, 1.807) is 4.90 Å². The Morgan fingerprint density at radius 1 is 1.11 bits per heavy atom. The number of aromatic hydroxyl groups is 1. The van der Waals surface area contributed by atoms with Gasteiger partial charge in [0.25, 0.3) is 15.9 Å². The molecule has 27 heavy (non-hydrogen) atoms. The SMILES string of the molecule is O=C(c1ccc(NS(=O)(=O)c2ccc(O)c([N+](=O)[O-])c2)cc1)N1CCCC1. The first-order chi connectivity index (χ1) is 12.8. The van der Waals surface area contributed by atoms with E-state index in [0.29, 0.717) is 18.7 Å². The third-order valence-electron chi connectivity index (χ3n) is 4.23. The Balaban J connectivity index is 1.79. The van der Waals surface area contributed by atoms with E-state index in [2.05, 4.69) is 4.72 Å². The molecule has 1 aliphatic rings. The first-order valence-corrected chi connectivity index (χ1v) is 9.66. The third-order valence-corrected chi connectivity index (χ3v) is 5.61. The molecule has 0 aliphatic carbocycles. The summed E-state index contributed by atoms with van der Waals surface area (Å²) < 4.78 is 27.1. The van der Waals surface area contributed by atoms with Crippen LogP contribution in [0.3, 0.4) is 0 Å². The molecule has 1 heterocycles. The number of anilines is 1. The lowest BCUT2D eigenvalue weighted by Crippen LogP contribution is -2.27. The second-order valence-electron chi connectivity index (χ2n) is 6.09. The van der Waals surface area contributed by atoms with Gasteiger partial charge in [-0.2, -0.15) is 0 Å². The predicted octanol–water partition coefficient (Wildman–Crippen LogP) is 2.34. The number of phenolic OH excluding ortho intramolecular Hbond substituents is 1. The van der Waals surface area contributed by atoms with Crippen molar-refractivity contribution in [2.24, 2.45) is 0 Å². The summed E-state index contributed by atoms with van der Waals surface area (Å²) in [4.78, 5) is 23.7. The smallest absolute Gasteiger partial charge is 0.312 e. The first kappa shape index (κ1) is 18.6. The summed E-state index contributed by atoms with van der Waals surface area (Å²) in [5, 5.41) is 20.3. The monoisotopic (exact) mass is 391 g/mol. The van der Waals surface area contributed by atoms with Crippen molar-refractivity contribution in [2.45, 2.75) is 17.7 Å². The molecule has 1 saturated heterocycles. The molecule has 2 aromatic rings. The van der Waals surface area contributed by atoms with E-state index in [4.69, 9.17) is 0 Å². The first-order valence-electron chi connectivity index (χ1n) is 8.17. The van der Waals surface area contributed by atoms with Gasteiger partial charge in [-0.05, 0) is 49.2 Å². The molecule has 2 N–H and O–H groups in total. The van der Waals surface area contributed by atoms with Crippen LogP contribution >= 0.6 is 0 Å². The third kappa shape index (κ3) is 4.00. The molecule has 0 saturated carbocycles. The fourth-order valence-corrected chi connectivity index (χ4v) is 3.89. The van der Waals surface area contributed by atoms with E-state index >= 15 is 0 Å². The summed E-state index contributed by atoms with van der Waals surface area (Å²) in [6.45, 7) is 1.43. The van der Waals surface area contributed by atoms with Gasteiger partial charge in [0.2, 0.25) is 0 Å². The van der Waals surface area contributed by atoms with E-state index in [1.165, 1.54) is 24.3 Å². The summed E-state index contributed by atoms with van der Waals surface area (Å²) in [6, 6.07) is 8.75. The van der Waals surface area contributed by atoms with Crippen molar-refractivity contribution in [1.29, 1.82) is 0 Å². The van der Waals surface area contributed by atoms with Crippen LogP contribution in [-0.2, 0) is 10.0 Å². The number of carbonyl (C=O) groups excluding carboxylic acids is 1. The van der Waals surface area contributed by atoms with Crippen LogP contribution in [0.2, 0.25) is 0 Å². The Morgan fingerprint density at radius 2 is 1.74 bits per heavy atom.